The van der Waals surface area contributed by atoms with Crippen molar-refractivity contribution in [2.24, 2.45) is 0 Å². The predicted molar refractivity (Wildman–Crippen MR) is 116 cm³/mol. The number of carbonyl (C=O) groups excluding carboxylic acids is 2. The molecule has 164 valence electrons. The number of hydrogen-bond donors (Lipinski definition) is 0. The minimum atomic E-state index is -0.445. The van der Waals surface area contributed by atoms with E-state index < -0.39 is 11.9 Å². The normalized spacial score (nSPS) is 9.35. The van der Waals surface area contributed by atoms with E-state index in [1.54, 1.807) is 25.4 Å². The maximum atomic E-state index is 11.0. The van der Waals surface area contributed by atoms with Crippen molar-refractivity contribution in [2.45, 2.75) is 26.1 Å². The molecule has 0 amide bonds. The lowest BCUT2D eigenvalue weighted by molar-refractivity contribution is 0.0585. The van der Waals surface area contributed by atoms with Gasteiger partial charge in [-0.3, -0.25) is 0 Å². The molecule has 0 aliphatic rings. The Bertz CT molecular complexity index is 985. The van der Waals surface area contributed by atoms with Gasteiger partial charge in [0.1, 0.15) is 19.0 Å². The number of halogens is 1. The van der Waals surface area contributed by atoms with E-state index in [1.165, 1.54) is 26.9 Å². The molecule has 0 fully saturated rings. The molecule has 0 aliphatic carbocycles. The second-order valence-electron chi connectivity index (χ2n) is 5.86. The lowest BCUT2D eigenvalue weighted by atomic mass is 10.3. The summed E-state index contributed by atoms with van der Waals surface area (Å²) in [7, 11) is 2.64. The smallest absolute Gasteiger partial charge is 0.356 e. The number of esters is 2. The van der Waals surface area contributed by atoms with Gasteiger partial charge in [-0.15, -0.1) is 0 Å². The summed E-state index contributed by atoms with van der Waals surface area (Å²) in [6, 6.07) is 5.10. The lowest BCUT2D eigenvalue weighted by Gasteiger charge is -1.98. The van der Waals surface area contributed by atoms with E-state index in [4.69, 9.17) is 0 Å². The van der Waals surface area contributed by atoms with Crippen LogP contribution >= 0.6 is 15.9 Å². The molecular weight excluding hydrogens is 468 g/mol. The Morgan fingerprint density at radius 1 is 0.710 bits per heavy atom. The van der Waals surface area contributed by atoms with Gasteiger partial charge >= 0.3 is 11.9 Å². The van der Waals surface area contributed by atoms with Crippen LogP contribution in [0.15, 0.2) is 37.2 Å². The number of hydrogen-bond acceptors (Lipinski definition) is 10. The third-order valence-corrected chi connectivity index (χ3v) is 3.97. The van der Waals surface area contributed by atoms with E-state index in [0.29, 0.717) is 11.0 Å². The van der Waals surface area contributed by atoms with Gasteiger partial charge in [0.2, 0.25) is 0 Å². The van der Waals surface area contributed by atoms with E-state index in [9.17, 15) is 9.59 Å². The molecule has 0 aliphatic heterocycles. The quantitative estimate of drug-likeness (QED) is 0.398. The molecule has 0 saturated carbocycles. The molecule has 0 aromatic carbocycles. The van der Waals surface area contributed by atoms with Gasteiger partial charge in [0.15, 0.2) is 11.4 Å². The van der Waals surface area contributed by atoms with Crippen molar-refractivity contribution in [1.29, 1.82) is 0 Å². The van der Waals surface area contributed by atoms with E-state index >= 15 is 0 Å². The average molecular weight is 491 g/mol. The van der Waals surface area contributed by atoms with Gasteiger partial charge in [0, 0.05) is 22.4 Å². The minimum absolute atomic E-state index is 0.280. The summed E-state index contributed by atoms with van der Waals surface area (Å²) in [4.78, 5) is 44.9. The standard InChI is InChI=1S/C7H7BrN2O2.C7H8N2O2.C6H8N2/c1-12-7(11)6-2-5(3-8)9-4-10-6;1-5-3-6(7(10)11-2)9-4-8-5;1-5-3-6(2)8-4-7-5/h2,4H,3H2,1H3;3-4H,1-2H3;3-4H,1-2H3. The first-order chi connectivity index (χ1) is 14.8. The Kier molecular flexibility index (Phi) is 11.4. The monoisotopic (exact) mass is 490 g/mol. The Hall–Kier alpha value is -3.34. The van der Waals surface area contributed by atoms with Crippen LogP contribution in [0.2, 0.25) is 0 Å². The molecule has 0 spiro atoms. The van der Waals surface area contributed by atoms with Gasteiger partial charge < -0.3 is 9.47 Å². The number of rotatable bonds is 3. The predicted octanol–water partition coefficient (Wildman–Crippen LogP) is 2.82. The first-order valence-electron chi connectivity index (χ1n) is 8.88. The zero-order valence-corrected chi connectivity index (χ0v) is 19.5. The van der Waals surface area contributed by atoms with Crippen LogP contribution in [0.3, 0.4) is 0 Å². The molecule has 3 heterocycles. The zero-order chi connectivity index (χ0) is 23.2. The number of ether oxygens (including phenoxy) is 2. The SMILES string of the molecule is COC(=O)c1cc(C)ncn1.COC(=O)c1cc(CBr)ncn1.Cc1cc(C)ncn1. The first-order valence-corrected chi connectivity index (χ1v) is 10.00. The Labute approximate surface area is 188 Å². The van der Waals surface area contributed by atoms with Crippen LogP contribution in [0, 0.1) is 20.8 Å². The largest absolute Gasteiger partial charge is 0.464 e. The fourth-order valence-corrected chi connectivity index (χ4v) is 2.25. The van der Waals surface area contributed by atoms with E-state index in [1.807, 2.05) is 19.9 Å². The highest BCUT2D eigenvalue weighted by Crippen LogP contribution is 2.03. The summed E-state index contributed by atoms with van der Waals surface area (Å²) in [5.74, 6) is -0.880. The van der Waals surface area contributed by atoms with Gasteiger partial charge in [-0.1, -0.05) is 15.9 Å². The van der Waals surface area contributed by atoms with Crippen LogP contribution in [0.1, 0.15) is 43.8 Å². The molecule has 3 aromatic rings. The number of alkyl halides is 1. The summed E-state index contributed by atoms with van der Waals surface area (Å²) in [6.07, 6.45) is 4.25. The van der Waals surface area contributed by atoms with Gasteiger partial charge in [0.25, 0.3) is 0 Å². The van der Waals surface area contributed by atoms with Crippen LogP contribution in [0.25, 0.3) is 0 Å². The van der Waals surface area contributed by atoms with Crippen molar-refractivity contribution in [2.75, 3.05) is 14.2 Å². The van der Waals surface area contributed by atoms with Crippen LogP contribution in [0.4, 0.5) is 0 Å². The maximum Gasteiger partial charge on any atom is 0.356 e. The summed E-state index contributed by atoms with van der Waals surface area (Å²) in [5.41, 5.74) is 4.13. The summed E-state index contributed by atoms with van der Waals surface area (Å²) >= 11 is 3.22. The maximum absolute atomic E-state index is 11.0. The highest BCUT2D eigenvalue weighted by atomic mass is 79.9. The molecule has 0 radical (unpaired) electrons. The summed E-state index contributed by atoms with van der Waals surface area (Å²) in [6.45, 7) is 5.69. The van der Waals surface area contributed by atoms with Crippen LogP contribution in [-0.2, 0) is 14.8 Å². The summed E-state index contributed by atoms with van der Waals surface area (Å²) < 4.78 is 8.95. The van der Waals surface area contributed by atoms with Gasteiger partial charge in [0.05, 0.1) is 19.9 Å². The van der Waals surface area contributed by atoms with Crippen molar-refractivity contribution in [3.63, 3.8) is 0 Å². The molecule has 3 aromatic heterocycles. The molecule has 0 saturated heterocycles. The second-order valence-corrected chi connectivity index (χ2v) is 6.42. The number of aryl methyl sites for hydroxylation is 3. The van der Waals surface area contributed by atoms with Gasteiger partial charge in [-0.25, -0.2) is 39.5 Å². The highest BCUT2D eigenvalue weighted by molar-refractivity contribution is 9.08. The van der Waals surface area contributed by atoms with Crippen molar-refractivity contribution < 1.29 is 19.1 Å². The van der Waals surface area contributed by atoms with Crippen molar-refractivity contribution in [3.05, 3.63) is 71.3 Å². The molecule has 0 atom stereocenters. The highest BCUT2D eigenvalue weighted by Gasteiger charge is 2.07. The number of nitrogens with zero attached hydrogens (tertiary/aromatic N) is 6. The zero-order valence-electron chi connectivity index (χ0n) is 17.9. The van der Waals surface area contributed by atoms with E-state index in [-0.39, 0.29) is 5.69 Å². The molecule has 31 heavy (non-hydrogen) atoms. The van der Waals surface area contributed by atoms with Gasteiger partial charge in [-0.05, 0) is 39.0 Å². The molecule has 0 unspecified atom stereocenters. The second kappa shape index (κ2) is 13.8. The van der Waals surface area contributed by atoms with Crippen molar-refractivity contribution in [3.8, 4) is 0 Å². The molecule has 0 bridgehead atoms. The van der Waals surface area contributed by atoms with E-state index in [2.05, 4.69) is 55.3 Å². The molecule has 0 N–H and O–H groups in total. The van der Waals surface area contributed by atoms with Crippen molar-refractivity contribution >= 4 is 27.9 Å². The van der Waals surface area contributed by atoms with Crippen molar-refractivity contribution in [1.82, 2.24) is 29.9 Å². The molecule has 10 nitrogen and oxygen atoms in total. The minimum Gasteiger partial charge on any atom is -0.464 e. The Morgan fingerprint density at radius 3 is 1.52 bits per heavy atom. The number of aromatic nitrogens is 6. The fourth-order valence-electron chi connectivity index (χ4n) is 1.95. The summed E-state index contributed by atoms with van der Waals surface area (Å²) in [5, 5.41) is 0.597. The molecule has 3 rings (SSSR count). The first kappa shape index (κ1) is 25.7. The van der Waals surface area contributed by atoms with E-state index in [0.717, 1.165) is 22.8 Å². The third kappa shape index (κ3) is 9.81. The fraction of sp³-hybridized carbons (Fsp3) is 0.300. The Balaban J connectivity index is 0.000000237. The molecule has 11 heteroatoms. The van der Waals surface area contributed by atoms with Crippen LogP contribution in [0.5, 0.6) is 0 Å². The number of carbonyl (C=O) groups is 2. The Morgan fingerprint density at radius 2 is 1.13 bits per heavy atom. The molecular formula is C20H23BrN6O4. The topological polar surface area (TPSA) is 130 Å². The van der Waals surface area contributed by atoms with Crippen LogP contribution in [-0.4, -0.2) is 56.1 Å². The number of methoxy groups -OCH3 is 2. The third-order valence-electron chi connectivity index (χ3n) is 3.39. The average Bonchev–Trinajstić information content (AvgIpc) is 2.78. The van der Waals surface area contributed by atoms with Crippen LogP contribution < -0.4 is 0 Å². The lowest BCUT2D eigenvalue weighted by Crippen LogP contribution is -2.05. The van der Waals surface area contributed by atoms with Gasteiger partial charge in [-0.2, -0.15) is 0 Å².